The summed E-state index contributed by atoms with van der Waals surface area (Å²) in [5.74, 6) is 1.72. The molecule has 16 heavy (non-hydrogen) atoms. The zero-order chi connectivity index (χ0) is 11.0. The Morgan fingerprint density at radius 1 is 1.19 bits per heavy atom. The lowest BCUT2D eigenvalue weighted by Gasteiger charge is -2.11. The molecule has 1 aromatic carbocycles. The lowest BCUT2D eigenvalue weighted by Crippen LogP contribution is -2.11. The predicted octanol–water partition coefficient (Wildman–Crippen LogP) is 2.53. The topological polar surface area (TPSA) is 27.7 Å². The Morgan fingerprint density at radius 2 is 2.06 bits per heavy atom. The molecule has 0 amide bonds. The van der Waals surface area contributed by atoms with Crippen LogP contribution in [0.1, 0.15) is 25.3 Å². The van der Waals surface area contributed by atoms with Crippen molar-refractivity contribution in [3.05, 3.63) is 23.8 Å². The summed E-state index contributed by atoms with van der Waals surface area (Å²) in [4.78, 5) is 0. The van der Waals surface area contributed by atoms with Crippen LogP contribution in [0.3, 0.4) is 0 Å². The number of hydrogen-bond acceptors (Lipinski definition) is 3. The summed E-state index contributed by atoms with van der Waals surface area (Å²) in [6, 6.07) is 6.14. The van der Waals surface area contributed by atoms with Gasteiger partial charge in [-0.3, -0.25) is 0 Å². The molecule has 0 bridgehead atoms. The summed E-state index contributed by atoms with van der Waals surface area (Å²) in [5, 5.41) is 0. The fraction of sp³-hybridized carbons (Fsp3) is 0.538. The van der Waals surface area contributed by atoms with Crippen LogP contribution in [0.5, 0.6) is 11.5 Å². The van der Waals surface area contributed by atoms with Gasteiger partial charge in [-0.1, -0.05) is 6.07 Å². The zero-order valence-electron chi connectivity index (χ0n) is 9.44. The Morgan fingerprint density at radius 3 is 2.88 bits per heavy atom. The number of benzene rings is 1. The molecule has 3 rings (SSSR count). The molecule has 0 saturated carbocycles. The molecule has 1 saturated heterocycles. The molecule has 0 radical (unpaired) electrons. The van der Waals surface area contributed by atoms with E-state index in [4.69, 9.17) is 14.2 Å². The Balaban J connectivity index is 1.71. The second-order valence-electron chi connectivity index (χ2n) is 4.54. The lowest BCUT2D eigenvalue weighted by atomic mass is 10.0. The van der Waals surface area contributed by atoms with Crippen LogP contribution < -0.4 is 9.47 Å². The van der Waals surface area contributed by atoms with E-state index in [0.29, 0.717) is 19.0 Å². The van der Waals surface area contributed by atoms with Gasteiger partial charge in [-0.2, -0.15) is 0 Å². The highest BCUT2D eigenvalue weighted by Crippen LogP contribution is 2.33. The summed E-state index contributed by atoms with van der Waals surface area (Å²) in [6.07, 6.45) is 4.10. The molecule has 2 aliphatic rings. The minimum absolute atomic E-state index is 0.343. The number of rotatable bonds is 2. The second kappa shape index (κ2) is 3.98. The van der Waals surface area contributed by atoms with E-state index in [0.717, 1.165) is 24.3 Å². The van der Waals surface area contributed by atoms with Crippen molar-refractivity contribution in [3.63, 3.8) is 0 Å². The molecule has 1 fully saturated rings. The highest BCUT2D eigenvalue weighted by molar-refractivity contribution is 5.44. The van der Waals surface area contributed by atoms with Crippen molar-refractivity contribution in [2.45, 2.75) is 38.4 Å². The lowest BCUT2D eigenvalue weighted by molar-refractivity contribution is 0.0564. The molecule has 2 unspecified atom stereocenters. The summed E-state index contributed by atoms with van der Waals surface area (Å²) >= 11 is 0. The maximum atomic E-state index is 5.81. The first-order chi connectivity index (χ1) is 7.81. The third kappa shape index (κ3) is 1.87. The highest BCUT2D eigenvalue weighted by atomic mass is 16.7. The molecule has 0 spiro atoms. The van der Waals surface area contributed by atoms with Gasteiger partial charge in [-0.05, 0) is 43.9 Å². The van der Waals surface area contributed by atoms with E-state index in [1.54, 1.807) is 0 Å². The van der Waals surface area contributed by atoms with Crippen LogP contribution in [-0.4, -0.2) is 19.0 Å². The van der Waals surface area contributed by atoms with Gasteiger partial charge in [0.15, 0.2) is 11.5 Å². The van der Waals surface area contributed by atoms with Gasteiger partial charge in [0.1, 0.15) is 0 Å². The van der Waals surface area contributed by atoms with Crippen LogP contribution in [0.15, 0.2) is 18.2 Å². The third-order valence-corrected chi connectivity index (χ3v) is 3.22. The molecule has 3 heteroatoms. The summed E-state index contributed by atoms with van der Waals surface area (Å²) in [5.41, 5.74) is 1.27. The van der Waals surface area contributed by atoms with Crippen molar-refractivity contribution < 1.29 is 14.2 Å². The maximum absolute atomic E-state index is 5.81. The van der Waals surface area contributed by atoms with Gasteiger partial charge in [0.05, 0.1) is 12.2 Å². The molecule has 0 N–H and O–H groups in total. The van der Waals surface area contributed by atoms with Crippen molar-refractivity contribution in [1.82, 2.24) is 0 Å². The average molecular weight is 220 g/mol. The highest BCUT2D eigenvalue weighted by Gasteiger charge is 2.22. The molecule has 3 nitrogen and oxygen atoms in total. The monoisotopic (exact) mass is 220 g/mol. The van der Waals surface area contributed by atoms with E-state index >= 15 is 0 Å². The first-order valence-corrected chi connectivity index (χ1v) is 5.85. The molecular weight excluding hydrogens is 204 g/mol. The molecule has 2 atom stereocenters. The van der Waals surface area contributed by atoms with E-state index in [1.165, 1.54) is 12.0 Å². The number of hydrogen-bond donors (Lipinski definition) is 0. The number of fused-ring (bicyclic) bond motifs is 1. The van der Waals surface area contributed by atoms with Crippen LogP contribution in [-0.2, 0) is 11.2 Å². The van der Waals surface area contributed by atoms with Gasteiger partial charge in [-0.15, -0.1) is 0 Å². The van der Waals surface area contributed by atoms with Crippen LogP contribution in [0.4, 0.5) is 0 Å². The van der Waals surface area contributed by atoms with Gasteiger partial charge in [0, 0.05) is 0 Å². The van der Waals surface area contributed by atoms with Gasteiger partial charge < -0.3 is 14.2 Å². The smallest absolute Gasteiger partial charge is 0.231 e. The normalized spacial score (nSPS) is 27.3. The van der Waals surface area contributed by atoms with Gasteiger partial charge in [0.2, 0.25) is 6.79 Å². The van der Waals surface area contributed by atoms with Crippen molar-refractivity contribution in [2.75, 3.05) is 6.79 Å². The zero-order valence-corrected chi connectivity index (χ0v) is 9.44. The van der Waals surface area contributed by atoms with Crippen LogP contribution >= 0.6 is 0 Å². The summed E-state index contributed by atoms with van der Waals surface area (Å²) < 4.78 is 16.5. The van der Waals surface area contributed by atoms with E-state index in [1.807, 2.05) is 6.07 Å². The largest absolute Gasteiger partial charge is 0.454 e. The number of ether oxygens (including phenoxy) is 3. The van der Waals surface area contributed by atoms with Crippen molar-refractivity contribution in [1.29, 1.82) is 0 Å². The van der Waals surface area contributed by atoms with Crippen LogP contribution in [0, 0.1) is 0 Å². The van der Waals surface area contributed by atoms with Crippen molar-refractivity contribution in [3.8, 4) is 11.5 Å². The summed E-state index contributed by atoms with van der Waals surface area (Å²) in [6.45, 7) is 2.48. The van der Waals surface area contributed by atoms with Crippen LogP contribution in [0.2, 0.25) is 0 Å². The minimum Gasteiger partial charge on any atom is -0.454 e. The molecule has 2 aliphatic heterocycles. The van der Waals surface area contributed by atoms with Gasteiger partial charge in [-0.25, -0.2) is 0 Å². The molecular formula is C13H16O3. The Labute approximate surface area is 95.3 Å². The van der Waals surface area contributed by atoms with E-state index in [-0.39, 0.29) is 0 Å². The molecule has 0 aromatic heterocycles. The third-order valence-electron chi connectivity index (χ3n) is 3.22. The van der Waals surface area contributed by atoms with Gasteiger partial charge >= 0.3 is 0 Å². The average Bonchev–Trinajstić information content (AvgIpc) is 2.87. The molecule has 1 aromatic rings. The van der Waals surface area contributed by atoms with Crippen molar-refractivity contribution >= 4 is 0 Å². The Kier molecular flexibility index (Phi) is 2.48. The standard InChI is InChI=1S/C13H16O3/c1-9-2-4-11(16-9)6-10-3-5-12-13(7-10)15-8-14-12/h3,5,7,9,11H,2,4,6,8H2,1H3. The Hall–Kier alpha value is -1.22. The first kappa shape index (κ1) is 9.97. The minimum atomic E-state index is 0.343. The first-order valence-electron chi connectivity index (χ1n) is 5.85. The fourth-order valence-corrected chi connectivity index (χ4v) is 2.37. The quantitative estimate of drug-likeness (QED) is 0.766. The summed E-state index contributed by atoms with van der Waals surface area (Å²) in [7, 11) is 0. The van der Waals surface area contributed by atoms with Gasteiger partial charge in [0.25, 0.3) is 0 Å². The molecule has 0 aliphatic carbocycles. The second-order valence-corrected chi connectivity index (χ2v) is 4.54. The Bertz CT molecular complexity index is 389. The van der Waals surface area contributed by atoms with E-state index in [9.17, 15) is 0 Å². The maximum Gasteiger partial charge on any atom is 0.231 e. The van der Waals surface area contributed by atoms with Crippen molar-refractivity contribution in [2.24, 2.45) is 0 Å². The predicted molar refractivity (Wildman–Crippen MR) is 59.8 cm³/mol. The SMILES string of the molecule is CC1CCC(Cc2ccc3c(c2)OCO3)O1. The molecule has 86 valence electrons. The van der Waals surface area contributed by atoms with Crippen LogP contribution in [0.25, 0.3) is 0 Å². The van der Waals surface area contributed by atoms with E-state index < -0.39 is 0 Å². The van der Waals surface area contributed by atoms with E-state index in [2.05, 4.69) is 19.1 Å². The fourth-order valence-electron chi connectivity index (χ4n) is 2.37. The molecule has 2 heterocycles.